The zero-order chi connectivity index (χ0) is 28.7. The lowest BCUT2D eigenvalue weighted by molar-refractivity contribution is -0.0416. The molecule has 2 aromatic heterocycles. The monoisotopic (exact) mass is 562 g/mol. The molecule has 0 aliphatic carbocycles. The molecular formula is C29H35FN8O3. The third-order valence-electron chi connectivity index (χ3n) is 7.52. The lowest BCUT2D eigenvalue weighted by Crippen LogP contribution is -2.54. The van der Waals surface area contributed by atoms with Crippen LogP contribution in [0.3, 0.4) is 0 Å². The summed E-state index contributed by atoms with van der Waals surface area (Å²) in [4.78, 5) is 27.3. The van der Waals surface area contributed by atoms with Crippen LogP contribution in [-0.4, -0.2) is 95.2 Å². The van der Waals surface area contributed by atoms with Gasteiger partial charge in [0.25, 0.3) is 5.91 Å². The van der Waals surface area contributed by atoms with Crippen LogP contribution in [0.2, 0.25) is 0 Å². The van der Waals surface area contributed by atoms with Crippen molar-refractivity contribution in [1.82, 2.24) is 30.0 Å². The van der Waals surface area contributed by atoms with Crippen LogP contribution in [0.5, 0.6) is 6.01 Å². The number of carbonyl (C=O) groups excluding carboxylic acids is 1. The first-order valence-corrected chi connectivity index (χ1v) is 13.9. The van der Waals surface area contributed by atoms with Crippen molar-refractivity contribution in [2.24, 2.45) is 7.05 Å². The maximum atomic E-state index is 14.7. The molecule has 2 saturated heterocycles. The third kappa shape index (κ3) is 5.81. The summed E-state index contributed by atoms with van der Waals surface area (Å²) in [5.41, 5.74) is 2.34. The Hall–Kier alpha value is -3.87. The van der Waals surface area contributed by atoms with Crippen LogP contribution in [0.4, 0.5) is 15.8 Å². The van der Waals surface area contributed by atoms with Gasteiger partial charge in [-0.2, -0.15) is 10.1 Å². The number of ether oxygens (including phenoxy) is 2. The van der Waals surface area contributed by atoms with Crippen LogP contribution >= 0.6 is 0 Å². The molecule has 2 fully saturated rings. The highest BCUT2D eigenvalue weighted by Gasteiger charge is 2.25. The molecule has 216 valence electrons. The second kappa shape index (κ2) is 11.2. The van der Waals surface area contributed by atoms with Gasteiger partial charge < -0.3 is 29.9 Å². The summed E-state index contributed by atoms with van der Waals surface area (Å²) in [5.74, 6) is -0.915. The van der Waals surface area contributed by atoms with Crippen molar-refractivity contribution in [3.05, 3.63) is 48.0 Å². The van der Waals surface area contributed by atoms with Crippen LogP contribution in [0.25, 0.3) is 21.8 Å². The molecule has 11 nitrogen and oxygen atoms in total. The molecule has 41 heavy (non-hydrogen) atoms. The molecule has 2 aromatic carbocycles. The summed E-state index contributed by atoms with van der Waals surface area (Å²) in [7, 11) is 3.77. The van der Waals surface area contributed by atoms with E-state index in [4.69, 9.17) is 14.5 Å². The molecule has 0 radical (unpaired) electrons. The van der Waals surface area contributed by atoms with E-state index in [2.05, 4.69) is 44.4 Å². The van der Waals surface area contributed by atoms with E-state index < -0.39 is 11.7 Å². The molecule has 12 heteroatoms. The zero-order valence-corrected chi connectivity index (χ0v) is 23.7. The minimum Gasteiger partial charge on any atom is -0.461 e. The number of piperazine rings is 1. The summed E-state index contributed by atoms with van der Waals surface area (Å²) in [5, 5.41) is 11.9. The van der Waals surface area contributed by atoms with Crippen LogP contribution < -0.4 is 20.3 Å². The van der Waals surface area contributed by atoms with Crippen LogP contribution in [0.1, 0.15) is 24.2 Å². The van der Waals surface area contributed by atoms with Gasteiger partial charge in [-0.15, -0.1) is 0 Å². The minimum absolute atomic E-state index is 0.0942. The van der Waals surface area contributed by atoms with E-state index in [1.165, 1.54) is 10.7 Å². The Balaban J connectivity index is 1.34. The number of aromatic nitrogens is 4. The maximum absolute atomic E-state index is 14.7. The van der Waals surface area contributed by atoms with Gasteiger partial charge in [-0.3, -0.25) is 9.48 Å². The van der Waals surface area contributed by atoms with Gasteiger partial charge in [0.1, 0.15) is 18.2 Å². The Morgan fingerprint density at radius 2 is 1.98 bits per heavy atom. The molecule has 6 rings (SSSR count). The number of halogens is 1. The fourth-order valence-electron chi connectivity index (χ4n) is 5.76. The summed E-state index contributed by atoms with van der Waals surface area (Å²) >= 11 is 0. The number of fused-ring (bicyclic) bond motifs is 2. The van der Waals surface area contributed by atoms with E-state index in [0.29, 0.717) is 47.5 Å². The number of hydrogen-bond donors (Lipinski definition) is 2. The van der Waals surface area contributed by atoms with E-state index >= 15 is 0 Å². The molecule has 0 saturated carbocycles. The smallest absolute Gasteiger partial charge is 0.317 e. The average Bonchev–Trinajstić information content (AvgIpc) is 3.31. The highest BCUT2D eigenvalue weighted by atomic mass is 19.1. The average molecular weight is 563 g/mol. The topological polar surface area (TPSA) is 110 Å². The predicted octanol–water partition coefficient (Wildman–Crippen LogP) is 2.80. The van der Waals surface area contributed by atoms with Crippen LogP contribution in [-0.2, 0) is 11.8 Å². The zero-order valence-electron chi connectivity index (χ0n) is 23.7. The first kappa shape index (κ1) is 27.3. The van der Waals surface area contributed by atoms with Gasteiger partial charge >= 0.3 is 6.01 Å². The van der Waals surface area contributed by atoms with Crippen molar-refractivity contribution < 1.29 is 18.7 Å². The number of hydrogen-bond acceptors (Lipinski definition) is 9. The first-order chi connectivity index (χ1) is 19.7. The fraction of sp³-hybridized carbons (Fsp3) is 0.448. The molecule has 2 aliphatic rings. The summed E-state index contributed by atoms with van der Waals surface area (Å²) in [6.45, 7) is 8.49. The number of anilines is 2. The molecule has 2 aliphatic heterocycles. The lowest BCUT2D eigenvalue weighted by atomic mass is 10.0. The number of amides is 1. The first-order valence-electron chi connectivity index (χ1n) is 13.9. The Morgan fingerprint density at radius 1 is 1.17 bits per heavy atom. The number of benzene rings is 2. The molecule has 3 atom stereocenters. The van der Waals surface area contributed by atoms with Crippen LogP contribution in [0.15, 0.2) is 36.7 Å². The Morgan fingerprint density at radius 3 is 2.76 bits per heavy atom. The van der Waals surface area contributed by atoms with Crippen molar-refractivity contribution in [1.29, 1.82) is 0 Å². The van der Waals surface area contributed by atoms with Gasteiger partial charge in [-0.25, -0.2) is 9.37 Å². The molecule has 2 N–H and O–H groups in total. The number of likely N-dealkylation sites (N-methyl/N-ethyl adjacent to an activating group) is 1. The highest BCUT2D eigenvalue weighted by molar-refractivity contribution is 6.14. The molecule has 4 aromatic rings. The van der Waals surface area contributed by atoms with E-state index in [1.807, 2.05) is 13.1 Å². The quantitative estimate of drug-likeness (QED) is 0.367. The Labute approximate surface area is 237 Å². The number of carbonyl (C=O) groups is 1. The highest BCUT2D eigenvalue weighted by Crippen LogP contribution is 2.31. The fourth-order valence-corrected chi connectivity index (χ4v) is 5.76. The minimum atomic E-state index is -0.505. The number of morpholine rings is 1. The number of rotatable bonds is 6. The summed E-state index contributed by atoms with van der Waals surface area (Å²) in [6, 6.07) is 7.44. The van der Waals surface area contributed by atoms with Gasteiger partial charge in [0.15, 0.2) is 5.82 Å². The van der Waals surface area contributed by atoms with Gasteiger partial charge in [0.05, 0.1) is 17.7 Å². The standard InChI is InChI=1S/C29H35FN8O3/c1-17-12-38(13-18(2)32-17)25-6-5-22(28(39)33-20-9-19-14-37(4)35-26(19)24(30)10-20)27-23(25)11-31-29(34-27)41-16-21-15-36(3)7-8-40-21/h5-6,9-11,14,17-18,21,32H,7-8,12-13,15-16H2,1-4H3,(H,33,39)/t17-,18+,21?. The molecule has 4 heterocycles. The molecule has 0 spiro atoms. The van der Waals surface area contributed by atoms with Gasteiger partial charge in [-0.1, -0.05) is 0 Å². The summed E-state index contributed by atoms with van der Waals surface area (Å²) < 4.78 is 28.0. The maximum Gasteiger partial charge on any atom is 0.317 e. The van der Waals surface area contributed by atoms with E-state index in [9.17, 15) is 9.18 Å². The van der Waals surface area contributed by atoms with Crippen LogP contribution in [0, 0.1) is 5.82 Å². The molecule has 0 bridgehead atoms. The third-order valence-corrected chi connectivity index (χ3v) is 7.52. The normalized spacial score (nSPS) is 21.9. The van der Waals surface area contributed by atoms with Gasteiger partial charge in [0.2, 0.25) is 0 Å². The molecular weight excluding hydrogens is 527 g/mol. The SMILES string of the molecule is C[C@@H]1CN(c2ccc(C(=O)Nc3cc(F)c4nn(C)cc4c3)c3nc(OCC4CN(C)CCO4)ncc23)C[C@H](C)N1. The Kier molecular flexibility index (Phi) is 7.45. The lowest BCUT2D eigenvalue weighted by Gasteiger charge is -2.38. The van der Waals surface area contributed by atoms with E-state index in [1.54, 1.807) is 31.6 Å². The number of nitrogens with zero attached hydrogens (tertiary/aromatic N) is 6. The van der Waals surface area contributed by atoms with E-state index in [-0.39, 0.29) is 17.6 Å². The van der Waals surface area contributed by atoms with Gasteiger partial charge in [-0.05, 0) is 45.2 Å². The van der Waals surface area contributed by atoms with E-state index in [0.717, 1.165) is 37.3 Å². The second-order valence-corrected chi connectivity index (χ2v) is 11.1. The van der Waals surface area contributed by atoms with Crippen molar-refractivity contribution in [3.8, 4) is 6.01 Å². The van der Waals surface area contributed by atoms with Gasteiger partial charge in [0, 0.05) is 79.9 Å². The largest absolute Gasteiger partial charge is 0.461 e. The Bertz CT molecular complexity index is 1580. The summed E-state index contributed by atoms with van der Waals surface area (Å²) in [6.07, 6.45) is 3.33. The van der Waals surface area contributed by atoms with Crippen molar-refractivity contribution in [3.63, 3.8) is 0 Å². The number of nitrogens with one attached hydrogen (secondary N) is 2. The molecule has 1 amide bonds. The second-order valence-electron chi connectivity index (χ2n) is 11.1. The number of aryl methyl sites for hydroxylation is 1. The predicted molar refractivity (Wildman–Crippen MR) is 155 cm³/mol. The van der Waals surface area contributed by atoms with Crippen molar-refractivity contribution in [2.75, 3.05) is 56.7 Å². The van der Waals surface area contributed by atoms with Crippen molar-refractivity contribution in [2.45, 2.75) is 32.0 Å². The molecule has 1 unspecified atom stereocenters. The van der Waals surface area contributed by atoms with Crippen molar-refractivity contribution >= 4 is 39.1 Å².